The summed E-state index contributed by atoms with van der Waals surface area (Å²) in [5.41, 5.74) is 8.39. The van der Waals surface area contributed by atoms with Crippen molar-refractivity contribution >= 4 is 40.8 Å². The molecular weight excluding hydrogens is 323 g/mol. The predicted molar refractivity (Wildman–Crippen MR) is 76.7 cm³/mol. The predicted octanol–water partition coefficient (Wildman–Crippen LogP) is 5.36. The van der Waals surface area contributed by atoms with Crippen molar-refractivity contribution in [1.29, 1.82) is 0 Å². The highest BCUT2D eigenvalue weighted by Gasteiger charge is 2.09. The van der Waals surface area contributed by atoms with Crippen LogP contribution < -0.4 is 0 Å². The molecule has 0 radical (unpaired) electrons. The molecule has 0 aliphatic heterocycles. The van der Waals surface area contributed by atoms with Crippen LogP contribution in [0.15, 0.2) is 34.6 Å². The second-order valence-electron chi connectivity index (χ2n) is 3.72. The molecule has 1 heterocycles. The molecule has 0 N–H and O–H groups in total. The zero-order valence-corrected chi connectivity index (χ0v) is 11.6. The van der Waals surface area contributed by atoms with Gasteiger partial charge in [-0.3, -0.25) is 9.98 Å². The molecule has 21 heavy (non-hydrogen) atoms. The molecule has 0 fully saturated rings. The van der Waals surface area contributed by atoms with Crippen LogP contribution in [-0.2, 0) is 0 Å². The Balaban J connectivity index is 2.48. The maximum absolute atomic E-state index is 13.5. The summed E-state index contributed by atoms with van der Waals surface area (Å²) in [6.45, 7) is 0. The number of hydrogen-bond donors (Lipinski definition) is 0. The van der Waals surface area contributed by atoms with Crippen LogP contribution in [0.2, 0.25) is 10.0 Å². The number of pyridine rings is 1. The third-order valence-corrected chi connectivity index (χ3v) is 2.94. The quantitative estimate of drug-likeness (QED) is 0.323. The summed E-state index contributed by atoms with van der Waals surface area (Å²) >= 11 is 11.6. The van der Waals surface area contributed by atoms with Gasteiger partial charge in [0.25, 0.3) is 0 Å². The summed E-state index contributed by atoms with van der Waals surface area (Å²) < 4.78 is 26.5. The van der Waals surface area contributed by atoms with Crippen LogP contribution in [0.4, 0.5) is 20.2 Å². The minimum atomic E-state index is -0.798. The first-order valence-corrected chi connectivity index (χ1v) is 6.15. The van der Waals surface area contributed by atoms with E-state index in [2.05, 4.69) is 20.0 Å². The van der Waals surface area contributed by atoms with Gasteiger partial charge < -0.3 is 0 Å². The van der Waals surface area contributed by atoms with Gasteiger partial charge in [0, 0.05) is 22.9 Å². The Morgan fingerprint density at radius 2 is 1.81 bits per heavy atom. The number of benzene rings is 1. The summed E-state index contributed by atoms with van der Waals surface area (Å²) in [4.78, 5) is 10.1. The Labute approximate surface area is 127 Å². The van der Waals surface area contributed by atoms with Crippen molar-refractivity contribution in [1.82, 2.24) is 4.98 Å². The van der Waals surface area contributed by atoms with Crippen molar-refractivity contribution in [2.45, 2.75) is 0 Å². The van der Waals surface area contributed by atoms with Crippen molar-refractivity contribution in [2.24, 2.45) is 10.1 Å². The number of halogens is 4. The van der Waals surface area contributed by atoms with Crippen molar-refractivity contribution in [3.05, 3.63) is 62.2 Å². The lowest BCUT2D eigenvalue weighted by molar-refractivity contribution is 0.623. The number of aromatic nitrogens is 1. The summed E-state index contributed by atoms with van der Waals surface area (Å²) in [6, 6.07) is 2.08. The maximum Gasteiger partial charge on any atom is 0.151 e. The molecule has 0 aliphatic rings. The van der Waals surface area contributed by atoms with Gasteiger partial charge in [0.15, 0.2) is 5.82 Å². The Hall–Kier alpha value is -2.21. The zero-order valence-electron chi connectivity index (χ0n) is 10.1. The van der Waals surface area contributed by atoms with Gasteiger partial charge >= 0.3 is 0 Å². The molecule has 0 unspecified atom stereocenters. The van der Waals surface area contributed by atoms with Gasteiger partial charge in [-0.1, -0.05) is 28.3 Å². The lowest BCUT2D eigenvalue weighted by atomic mass is 10.2. The maximum atomic E-state index is 13.5. The molecule has 0 spiro atoms. The van der Waals surface area contributed by atoms with Crippen LogP contribution >= 0.6 is 23.2 Å². The fraction of sp³-hybridized carbons (Fsp3) is 0. The van der Waals surface area contributed by atoms with Crippen molar-refractivity contribution in [3.8, 4) is 0 Å². The highest BCUT2D eigenvalue weighted by molar-refractivity contribution is 6.38. The van der Waals surface area contributed by atoms with Gasteiger partial charge in [-0.25, -0.2) is 8.78 Å². The standard InChI is InChI=1S/C12H5Cl2F2N5/c13-8-1-7(15)2-9(14)12(8)19-4-6-3-18-5-10(16)11(6)20-21-17/h1-5H/b19-4+. The molecule has 5 nitrogen and oxygen atoms in total. The SMILES string of the molecule is [N-]=[N+]=Nc1c(F)cncc1/C=N/c1c(Cl)cc(F)cc1Cl. The third-order valence-electron chi connectivity index (χ3n) is 2.36. The average Bonchev–Trinajstić information content (AvgIpc) is 2.41. The van der Waals surface area contributed by atoms with Crippen LogP contribution in [0.3, 0.4) is 0 Å². The first kappa shape index (κ1) is 15.2. The molecule has 2 aromatic rings. The number of nitrogens with zero attached hydrogens (tertiary/aromatic N) is 5. The number of rotatable bonds is 3. The Morgan fingerprint density at radius 1 is 1.14 bits per heavy atom. The Bertz CT molecular complexity index is 749. The molecule has 0 atom stereocenters. The summed E-state index contributed by atoms with van der Waals surface area (Å²) in [5, 5.41) is 3.21. The zero-order chi connectivity index (χ0) is 15.4. The van der Waals surface area contributed by atoms with E-state index in [1.54, 1.807) is 0 Å². The van der Waals surface area contributed by atoms with E-state index in [0.29, 0.717) is 0 Å². The van der Waals surface area contributed by atoms with E-state index in [9.17, 15) is 8.78 Å². The molecule has 2 rings (SSSR count). The normalized spacial score (nSPS) is 10.7. The lowest BCUT2D eigenvalue weighted by Gasteiger charge is -2.03. The highest BCUT2D eigenvalue weighted by atomic mass is 35.5. The van der Waals surface area contributed by atoms with Gasteiger partial charge in [0.05, 0.1) is 21.9 Å². The molecular formula is C12H5Cl2F2N5. The van der Waals surface area contributed by atoms with E-state index in [-0.39, 0.29) is 27.0 Å². The van der Waals surface area contributed by atoms with Crippen LogP contribution in [0.1, 0.15) is 5.56 Å². The molecule has 0 saturated heterocycles. The molecule has 1 aromatic carbocycles. The topological polar surface area (TPSA) is 74.0 Å². The molecule has 0 amide bonds. The van der Waals surface area contributed by atoms with E-state index >= 15 is 0 Å². The third kappa shape index (κ3) is 3.46. The number of azide groups is 1. The van der Waals surface area contributed by atoms with Gasteiger partial charge in [0.2, 0.25) is 0 Å². The number of aliphatic imine (C=N–C) groups is 1. The molecule has 1 aromatic heterocycles. The van der Waals surface area contributed by atoms with E-state index in [1.165, 1.54) is 12.4 Å². The monoisotopic (exact) mass is 327 g/mol. The number of hydrogen-bond acceptors (Lipinski definition) is 3. The Morgan fingerprint density at radius 3 is 2.43 bits per heavy atom. The van der Waals surface area contributed by atoms with Crippen molar-refractivity contribution < 1.29 is 8.78 Å². The average molecular weight is 328 g/mol. The smallest absolute Gasteiger partial charge is 0.151 e. The van der Waals surface area contributed by atoms with Gasteiger partial charge in [0.1, 0.15) is 11.5 Å². The minimum Gasteiger partial charge on any atom is -0.261 e. The van der Waals surface area contributed by atoms with Crippen molar-refractivity contribution in [2.75, 3.05) is 0 Å². The summed E-state index contributed by atoms with van der Waals surface area (Å²) in [7, 11) is 0. The van der Waals surface area contributed by atoms with Gasteiger partial charge in [-0.05, 0) is 17.7 Å². The second kappa shape index (κ2) is 6.49. The van der Waals surface area contributed by atoms with Crippen LogP contribution in [0.5, 0.6) is 0 Å². The fourth-order valence-electron chi connectivity index (χ4n) is 1.48. The van der Waals surface area contributed by atoms with Crippen molar-refractivity contribution in [3.63, 3.8) is 0 Å². The molecule has 9 heteroatoms. The molecule has 106 valence electrons. The van der Waals surface area contributed by atoms with Crippen LogP contribution in [0, 0.1) is 11.6 Å². The summed E-state index contributed by atoms with van der Waals surface area (Å²) in [5.74, 6) is -1.40. The Kier molecular flexibility index (Phi) is 4.70. The second-order valence-corrected chi connectivity index (χ2v) is 4.54. The minimum absolute atomic E-state index is 0.00838. The lowest BCUT2D eigenvalue weighted by Crippen LogP contribution is -1.88. The molecule has 0 aliphatic carbocycles. The van der Waals surface area contributed by atoms with E-state index < -0.39 is 11.6 Å². The van der Waals surface area contributed by atoms with E-state index in [1.807, 2.05) is 0 Å². The van der Waals surface area contributed by atoms with E-state index in [0.717, 1.165) is 18.3 Å². The van der Waals surface area contributed by atoms with E-state index in [4.69, 9.17) is 28.7 Å². The highest BCUT2D eigenvalue weighted by Crippen LogP contribution is 2.34. The largest absolute Gasteiger partial charge is 0.261 e. The van der Waals surface area contributed by atoms with Gasteiger partial charge in [-0.15, -0.1) is 0 Å². The fourth-order valence-corrected chi connectivity index (χ4v) is 2.04. The first-order valence-electron chi connectivity index (χ1n) is 5.40. The summed E-state index contributed by atoms with van der Waals surface area (Å²) in [6.07, 6.45) is 3.33. The van der Waals surface area contributed by atoms with Crippen LogP contribution in [0.25, 0.3) is 10.4 Å². The molecule has 0 saturated carbocycles. The van der Waals surface area contributed by atoms with Gasteiger partial charge in [-0.2, -0.15) is 0 Å². The molecule has 0 bridgehead atoms. The first-order chi connectivity index (χ1) is 10.0. The van der Waals surface area contributed by atoms with Crippen LogP contribution in [-0.4, -0.2) is 11.2 Å².